The second-order valence-corrected chi connectivity index (χ2v) is 5.16. The van der Waals surface area contributed by atoms with E-state index in [1.807, 2.05) is 6.92 Å². The molecule has 1 aliphatic heterocycles. The Morgan fingerprint density at radius 2 is 2.40 bits per heavy atom. The van der Waals surface area contributed by atoms with Crippen LogP contribution in [0.15, 0.2) is 5.38 Å². The zero-order chi connectivity index (χ0) is 10.8. The molecule has 0 amide bonds. The van der Waals surface area contributed by atoms with Crippen molar-refractivity contribution in [3.63, 3.8) is 0 Å². The Morgan fingerprint density at radius 1 is 1.60 bits per heavy atom. The standard InChI is InChI=1S/C11H18N2OS/c1-8(2)13-4-5-14-10(6-13)11-12-9(3)7-15-11/h7-8,10H,4-6H2,1-3H3. The van der Waals surface area contributed by atoms with Gasteiger partial charge in [0.15, 0.2) is 0 Å². The number of aromatic nitrogens is 1. The third-order valence-electron chi connectivity index (χ3n) is 2.74. The van der Waals surface area contributed by atoms with E-state index in [1.165, 1.54) is 0 Å². The minimum absolute atomic E-state index is 0.180. The molecule has 0 spiro atoms. The molecule has 0 aliphatic carbocycles. The van der Waals surface area contributed by atoms with Crippen molar-refractivity contribution in [2.75, 3.05) is 19.7 Å². The lowest BCUT2D eigenvalue weighted by Crippen LogP contribution is -2.42. The number of hydrogen-bond acceptors (Lipinski definition) is 4. The molecule has 2 heterocycles. The smallest absolute Gasteiger partial charge is 0.123 e. The fourth-order valence-electron chi connectivity index (χ4n) is 1.81. The van der Waals surface area contributed by atoms with Crippen LogP contribution < -0.4 is 0 Å². The van der Waals surface area contributed by atoms with Gasteiger partial charge in [-0.1, -0.05) is 0 Å². The maximum Gasteiger partial charge on any atom is 0.123 e. The first-order chi connectivity index (χ1) is 7.16. The fourth-order valence-corrected chi connectivity index (χ4v) is 2.64. The molecule has 84 valence electrons. The van der Waals surface area contributed by atoms with Crippen LogP contribution in [0.3, 0.4) is 0 Å². The predicted octanol–water partition coefficient (Wildman–Crippen LogP) is 2.23. The zero-order valence-corrected chi connectivity index (χ0v) is 10.4. The molecule has 0 saturated carbocycles. The molecule has 1 aromatic heterocycles. The van der Waals surface area contributed by atoms with Crippen LogP contribution in [0.4, 0.5) is 0 Å². The van der Waals surface area contributed by atoms with Gasteiger partial charge in [-0.2, -0.15) is 0 Å². The van der Waals surface area contributed by atoms with E-state index in [4.69, 9.17) is 4.74 Å². The quantitative estimate of drug-likeness (QED) is 0.773. The molecule has 0 aromatic carbocycles. The monoisotopic (exact) mass is 226 g/mol. The van der Waals surface area contributed by atoms with Gasteiger partial charge in [0, 0.05) is 30.2 Å². The second-order valence-electron chi connectivity index (χ2n) is 4.28. The Morgan fingerprint density at radius 3 is 3.00 bits per heavy atom. The first-order valence-electron chi connectivity index (χ1n) is 5.44. The molecule has 1 fully saturated rings. The van der Waals surface area contributed by atoms with Crippen molar-refractivity contribution in [2.45, 2.75) is 32.9 Å². The van der Waals surface area contributed by atoms with Gasteiger partial charge in [0.05, 0.1) is 6.61 Å². The summed E-state index contributed by atoms with van der Waals surface area (Å²) < 4.78 is 5.76. The summed E-state index contributed by atoms with van der Waals surface area (Å²) in [7, 11) is 0. The molecule has 0 radical (unpaired) electrons. The Kier molecular flexibility index (Phi) is 3.38. The summed E-state index contributed by atoms with van der Waals surface area (Å²) in [6, 6.07) is 0.595. The number of aryl methyl sites for hydroxylation is 1. The van der Waals surface area contributed by atoms with Gasteiger partial charge < -0.3 is 4.74 Å². The van der Waals surface area contributed by atoms with E-state index in [-0.39, 0.29) is 6.10 Å². The summed E-state index contributed by atoms with van der Waals surface area (Å²) in [6.07, 6.45) is 0.180. The minimum atomic E-state index is 0.180. The average Bonchev–Trinajstić information content (AvgIpc) is 2.65. The summed E-state index contributed by atoms with van der Waals surface area (Å²) in [5.74, 6) is 0. The van der Waals surface area contributed by atoms with Gasteiger partial charge in [-0.15, -0.1) is 11.3 Å². The highest BCUT2D eigenvalue weighted by molar-refractivity contribution is 7.09. The molecule has 3 nitrogen and oxygen atoms in total. The summed E-state index contributed by atoms with van der Waals surface area (Å²) in [4.78, 5) is 6.94. The third-order valence-corrected chi connectivity index (χ3v) is 3.80. The van der Waals surface area contributed by atoms with Crippen LogP contribution in [0.25, 0.3) is 0 Å². The van der Waals surface area contributed by atoms with E-state index in [1.54, 1.807) is 11.3 Å². The van der Waals surface area contributed by atoms with E-state index < -0.39 is 0 Å². The molecule has 1 atom stereocenters. The van der Waals surface area contributed by atoms with Crippen molar-refractivity contribution in [2.24, 2.45) is 0 Å². The molecule has 0 bridgehead atoms. The van der Waals surface area contributed by atoms with E-state index in [0.717, 1.165) is 30.4 Å². The molecular formula is C11H18N2OS. The lowest BCUT2D eigenvalue weighted by molar-refractivity contribution is -0.0403. The topological polar surface area (TPSA) is 25.4 Å². The molecule has 1 aromatic rings. The number of nitrogens with zero attached hydrogens (tertiary/aromatic N) is 2. The molecule has 4 heteroatoms. The molecule has 2 rings (SSSR count). The van der Waals surface area contributed by atoms with Crippen LogP contribution in [0, 0.1) is 6.92 Å². The summed E-state index contributed by atoms with van der Waals surface area (Å²) in [6.45, 7) is 9.33. The zero-order valence-electron chi connectivity index (χ0n) is 9.56. The lowest BCUT2D eigenvalue weighted by Gasteiger charge is -2.34. The van der Waals surface area contributed by atoms with Crippen molar-refractivity contribution in [3.05, 3.63) is 16.1 Å². The summed E-state index contributed by atoms with van der Waals surface area (Å²) in [5.41, 5.74) is 1.10. The maximum absolute atomic E-state index is 5.76. The van der Waals surface area contributed by atoms with Crippen molar-refractivity contribution in [1.82, 2.24) is 9.88 Å². The highest BCUT2D eigenvalue weighted by Gasteiger charge is 2.25. The number of ether oxygens (including phenoxy) is 1. The molecule has 15 heavy (non-hydrogen) atoms. The third kappa shape index (κ3) is 2.56. The second kappa shape index (κ2) is 4.60. The molecule has 1 aliphatic rings. The number of thiazole rings is 1. The van der Waals surface area contributed by atoms with E-state index >= 15 is 0 Å². The van der Waals surface area contributed by atoms with Gasteiger partial charge in [-0.3, -0.25) is 4.90 Å². The average molecular weight is 226 g/mol. The van der Waals surface area contributed by atoms with Crippen molar-refractivity contribution in [1.29, 1.82) is 0 Å². The van der Waals surface area contributed by atoms with Gasteiger partial charge in [0.25, 0.3) is 0 Å². The first kappa shape index (κ1) is 11.0. The summed E-state index contributed by atoms with van der Waals surface area (Å²) in [5, 5.41) is 3.21. The Labute approximate surface area is 95.1 Å². The van der Waals surface area contributed by atoms with Gasteiger partial charge in [-0.05, 0) is 20.8 Å². The van der Waals surface area contributed by atoms with Crippen LogP contribution in [0.1, 0.15) is 30.7 Å². The molecule has 0 N–H and O–H groups in total. The van der Waals surface area contributed by atoms with E-state index in [0.29, 0.717) is 6.04 Å². The van der Waals surface area contributed by atoms with Crippen LogP contribution >= 0.6 is 11.3 Å². The Hall–Kier alpha value is -0.450. The number of morpholine rings is 1. The lowest BCUT2D eigenvalue weighted by atomic mass is 10.2. The normalized spacial score (nSPS) is 23.6. The Bertz CT molecular complexity index is 324. The SMILES string of the molecule is Cc1csc(C2CN(C(C)C)CCO2)n1. The maximum atomic E-state index is 5.76. The summed E-state index contributed by atoms with van der Waals surface area (Å²) >= 11 is 1.71. The Balaban J connectivity index is 2.04. The number of hydrogen-bond donors (Lipinski definition) is 0. The van der Waals surface area contributed by atoms with Crippen LogP contribution in [-0.4, -0.2) is 35.6 Å². The van der Waals surface area contributed by atoms with Crippen LogP contribution in [-0.2, 0) is 4.74 Å². The highest BCUT2D eigenvalue weighted by atomic mass is 32.1. The minimum Gasteiger partial charge on any atom is -0.368 e. The van der Waals surface area contributed by atoms with Gasteiger partial charge in [-0.25, -0.2) is 4.98 Å². The fraction of sp³-hybridized carbons (Fsp3) is 0.727. The molecule has 1 saturated heterocycles. The van der Waals surface area contributed by atoms with E-state index in [9.17, 15) is 0 Å². The van der Waals surface area contributed by atoms with Crippen LogP contribution in [0.5, 0.6) is 0 Å². The van der Waals surface area contributed by atoms with Gasteiger partial charge in [0.1, 0.15) is 11.1 Å². The number of rotatable bonds is 2. The molecular weight excluding hydrogens is 208 g/mol. The predicted molar refractivity (Wildman–Crippen MR) is 62.3 cm³/mol. The largest absolute Gasteiger partial charge is 0.368 e. The van der Waals surface area contributed by atoms with Gasteiger partial charge in [0.2, 0.25) is 0 Å². The first-order valence-corrected chi connectivity index (χ1v) is 6.32. The van der Waals surface area contributed by atoms with Crippen molar-refractivity contribution >= 4 is 11.3 Å². The van der Waals surface area contributed by atoms with Crippen LogP contribution in [0.2, 0.25) is 0 Å². The van der Waals surface area contributed by atoms with Crippen molar-refractivity contribution in [3.8, 4) is 0 Å². The molecule has 1 unspecified atom stereocenters. The highest BCUT2D eigenvalue weighted by Crippen LogP contribution is 2.25. The van der Waals surface area contributed by atoms with Crippen molar-refractivity contribution < 1.29 is 4.74 Å². The van der Waals surface area contributed by atoms with E-state index in [2.05, 4.69) is 29.1 Å². The van der Waals surface area contributed by atoms with Gasteiger partial charge >= 0.3 is 0 Å².